The summed E-state index contributed by atoms with van der Waals surface area (Å²) in [7, 11) is 0. The molecular weight excluding hydrogens is 272 g/mol. The average molecular weight is 296 g/mol. The summed E-state index contributed by atoms with van der Waals surface area (Å²) in [6.07, 6.45) is 2.15. The van der Waals surface area contributed by atoms with Crippen molar-refractivity contribution < 1.29 is 9.90 Å². The van der Waals surface area contributed by atoms with Gasteiger partial charge in [-0.2, -0.15) is 0 Å². The van der Waals surface area contributed by atoms with E-state index in [9.17, 15) is 4.79 Å². The molecule has 0 atom stereocenters. The van der Waals surface area contributed by atoms with Gasteiger partial charge >= 0.3 is 5.97 Å². The Morgan fingerprint density at radius 2 is 2.00 bits per heavy atom. The van der Waals surface area contributed by atoms with E-state index in [-0.39, 0.29) is 11.1 Å². The molecule has 0 aliphatic carbocycles. The van der Waals surface area contributed by atoms with Gasteiger partial charge < -0.3 is 15.7 Å². The lowest BCUT2D eigenvalue weighted by Gasteiger charge is -2.46. The molecule has 2 rings (SSSR count). The van der Waals surface area contributed by atoms with Gasteiger partial charge in [-0.1, -0.05) is 0 Å². The van der Waals surface area contributed by atoms with E-state index in [1.165, 1.54) is 11.3 Å². The molecule has 0 saturated carbocycles. The second kappa shape index (κ2) is 5.47. The van der Waals surface area contributed by atoms with Crippen LogP contribution >= 0.6 is 11.3 Å². The summed E-state index contributed by atoms with van der Waals surface area (Å²) in [4.78, 5) is 11.9. The Morgan fingerprint density at radius 1 is 1.40 bits per heavy atom. The molecule has 0 unspecified atom stereocenters. The number of piperidine rings is 1. The van der Waals surface area contributed by atoms with Crippen LogP contribution in [0.4, 0.5) is 0 Å². The minimum atomic E-state index is -0.850. The number of carboxylic acid groups (broad SMARTS) is 1. The van der Waals surface area contributed by atoms with Gasteiger partial charge in [0.05, 0.1) is 5.56 Å². The second-order valence-corrected chi connectivity index (χ2v) is 7.98. The van der Waals surface area contributed by atoms with E-state index in [1.807, 2.05) is 0 Å². The van der Waals surface area contributed by atoms with E-state index >= 15 is 0 Å². The monoisotopic (exact) mass is 296 g/mol. The van der Waals surface area contributed by atoms with Gasteiger partial charge in [-0.25, -0.2) is 4.79 Å². The standard InChI is InChI=1S/C15H24N2O2S/c1-14(2)6-11(7-15(3,4)17-14)16-8-12-5-10(9-20-12)13(18)19/h5,9,11,16-17H,6-8H2,1-4H3,(H,18,19). The summed E-state index contributed by atoms with van der Waals surface area (Å²) in [6.45, 7) is 9.67. The van der Waals surface area contributed by atoms with Crippen molar-refractivity contribution in [1.82, 2.24) is 10.6 Å². The highest BCUT2D eigenvalue weighted by Gasteiger charge is 2.37. The van der Waals surface area contributed by atoms with E-state index in [0.717, 1.165) is 24.3 Å². The van der Waals surface area contributed by atoms with Crippen molar-refractivity contribution >= 4 is 17.3 Å². The van der Waals surface area contributed by atoms with Crippen LogP contribution in [0.2, 0.25) is 0 Å². The first-order valence-corrected chi connectivity index (χ1v) is 7.88. The molecule has 1 aromatic heterocycles. The Morgan fingerprint density at radius 3 is 2.50 bits per heavy atom. The summed E-state index contributed by atoms with van der Waals surface area (Å²) in [5, 5.41) is 17.9. The molecule has 0 radical (unpaired) electrons. The van der Waals surface area contributed by atoms with Crippen LogP contribution in [0.1, 0.15) is 55.8 Å². The van der Waals surface area contributed by atoms with Crippen molar-refractivity contribution in [3.8, 4) is 0 Å². The summed E-state index contributed by atoms with van der Waals surface area (Å²) < 4.78 is 0. The zero-order chi connectivity index (χ0) is 15.0. The Labute approximate surface area is 124 Å². The van der Waals surface area contributed by atoms with Gasteiger partial charge in [0, 0.05) is 33.9 Å². The molecule has 1 aromatic rings. The van der Waals surface area contributed by atoms with Crippen molar-refractivity contribution in [3.63, 3.8) is 0 Å². The minimum absolute atomic E-state index is 0.126. The quantitative estimate of drug-likeness (QED) is 0.799. The molecule has 2 heterocycles. The summed E-state index contributed by atoms with van der Waals surface area (Å²) in [6, 6.07) is 2.22. The molecule has 5 heteroatoms. The summed E-state index contributed by atoms with van der Waals surface area (Å²) in [5.41, 5.74) is 0.639. The molecular formula is C15H24N2O2S. The molecule has 112 valence electrons. The zero-order valence-electron chi connectivity index (χ0n) is 12.6. The van der Waals surface area contributed by atoms with Gasteiger partial charge in [0.2, 0.25) is 0 Å². The molecule has 1 aliphatic heterocycles. The lowest BCUT2D eigenvalue weighted by Crippen LogP contribution is -2.61. The number of carbonyl (C=O) groups is 1. The molecule has 20 heavy (non-hydrogen) atoms. The highest BCUT2D eigenvalue weighted by Crippen LogP contribution is 2.28. The maximum absolute atomic E-state index is 10.9. The second-order valence-electron chi connectivity index (χ2n) is 6.99. The van der Waals surface area contributed by atoms with Crippen LogP contribution < -0.4 is 10.6 Å². The molecule has 0 spiro atoms. The van der Waals surface area contributed by atoms with Gasteiger partial charge in [-0.3, -0.25) is 0 Å². The predicted octanol–water partition coefficient (Wildman–Crippen LogP) is 2.85. The predicted molar refractivity (Wildman–Crippen MR) is 82.4 cm³/mol. The van der Waals surface area contributed by atoms with Crippen molar-refractivity contribution in [2.75, 3.05) is 0 Å². The lowest BCUT2D eigenvalue weighted by molar-refractivity contribution is 0.0697. The van der Waals surface area contributed by atoms with Crippen molar-refractivity contribution in [2.24, 2.45) is 0 Å². The third-order valence-electron chi connectivity index (χ3n) is 3.66. The third-order valence-corrected chi connectivity index (χ3v) is 4.59. The topological polar surface area (TPSA) is 61.4 Å². The first kappa shape index (κ1) is 15.5. The smallest absolute Gasteiger partial charge is 0.336 e. The molecule has 1 fully saturated rings. The van der Waals surface area contributed by atoms with Crippen LogP contribution in [0.15, 0.2) is 11.4 Å². The lowest BCUT2D eigenvalue weighted by atomic mass is 9.79. The van der Waals surface area contributed by atoms with Crippen molar-refractivity contribution in [3.05, 3.63) is 21.9 Å². The maximum Gasteiger partial charge on any atom is 0.336 e. The van der Waals surface area contributed by atoms with E-state index in [0.29, 0.717) is 11.6 Å². The molecule has 0 aromatic carbocycles. The Balaban J connectivity index is 1.94. The highest BCUT2D eigenvalue weighted by atomic mass is 32.1. The van der Waals surface area contributed by atoms with Gasteiger partial charge in [-0.05, 0) is 46.6 Å². The maximum atomic E-state index is 10.9. The van der Waals surface area contributed by atoms with Gasteiger partial charge in [-0.15, -0.1) is 11.3 Å². The summed E-state index contributed by atoms with van der Waals surface area (Å²) >= 11 is 1.51. The number of rotatable bonds is 4. The van der Waals surface area contributed by atoms with E-state index in [2.05, 4.69) is 38.3 Å². The molecule has 4 nitrogen and oxygen atoms in total. The minimum Gasteiger partial charge on any atom is -0.478 e. The molecule has 0 amide bonds. The van der Waals surface area contributed by atoms with E-state index in [4.69, 9.17) is 5.11 Å². The molecule has 0 bridgehead atoms. The third kappa shape index (κ3) is 4.04. The molecule has 3 N–H and O–H groups in total. The fourth-order valence-corrected chi connectivity index (χ4v) is 4.11. The average Bonchev–Trinajstić information content (AvgIpc) is 2.70. The largest absolute Gasteiger partial charge is 0.478 e. The number of thiophene rings is 1. The van der Waals surface area contributed by atoms with Gasteiger partial charge in [0.15, 0.2) is 0 Å². The normalized spacial score (nSPS) is 21.8. The molecule has 1 aliphatic rings. The first-order valence-electron chi connectivity index (χ1n) is 7.00. The number of aromatic carboxylic acids is 1. The van der Waals surface area contributed by atoms with Crippen molar-refractivity contribution in [2.45, 2.75) is 64.2 Å². The first-order chi connectivity index (χ1) is 9.17. The van der Waals surface area contributed by atoms with Crippen LogP contribution in [0.25, 0.3) is 0 Å². The number of hydrogen-bond donors (Lipinski definition) is 3. The Hall–Kier alpha value is -0.910. The SMILES string of the molecule is CC1(C)CC(NCc2cc(C(=O)O)cs2)CC(C)(C)N1. The van der Waals surface area contributed by atoms with Crippen LogP contribution in [0.5, 0.6) is 0 Å². The highest BCUT2D eigenvalue weighted by molar-refractivity contribution is 7.10. The zero-order valence-corrected chi connectivity index (χ0v) is 13.4. The van der Waals surface area contributed by atoms with Crippen LogP contribution in [-0.4, -0.2) is 28.2 Å². The fourth-order valence-electron chi connectivity index (χ4n) is 3.30. The number of nitrogens with one attached hydrogen (secondary N) is 2. The van der Waals surface area contributed by atoms with Gasteiger partial charge in [0.25, 0.3) is 0 Å². The number of carboxylic acids is 1. The van der Waals surface area contributed by atoms with Crippen LogP contribution in [0.3, 0.4) is 0 Å². The van der Waals surface area contributed by atoms with E-state index in [1.54, 1.807) is 11.4 Å². The summed E-state index contributed by atoms with van der Waals surface area (Å²) in [5.74, 6) is -0.850. The van der Waals surface area contributed by atoms with E-state index < -0.39 is 5.97 Å². The fraction of sp³-hybridized carbons (Fsp3) is 0.667. The van der Waals surface area contributed by atoms with Crippen molar-refractivity contribution in [1.29, 1.82) is 0 Å². The molecule has 1 saturated heterocycles. The Bertz CT molecular complexity index is 478. The number of hydrogen-bond acceptors (Lipinski definition) is 4. The Kier molecular flexibility index (Phi) is 4.23. The van der Waals surface area contributed by atoms with Gasteiger partial charge in [0.1, 0.15) is 0 Å². The van der Waals surface area contributed by atoms with Crippen LogP contribution in [0, 0.1) is 0 Å². The van der Waals surface area contributed by atoms with Crippen LogP contribution in [-0.2, 0) is 6.54 Å².